The second kappa shape index (κ2) is 6.56. The van der Waals surface area contributed by atoms with Crippen molar-refractivity contribution in [2.75, 3.05) is 13.1 Å². The van der Waals surface area contributed by atoms with Crippen molar-refractivity contribution in [2.24, 2.45) is 11.1 Å². The van der Waals surface area contributed by atoms with Crippen molar-refractivity contribution in [1.82, 2.24) is 4.72 Å². The first kappa shape index (κ1) is 15.9. The molecule has 3 N–H and O–H groups in total. The maximum Gasteiger partial charge on any atom is 0.250 e. The summed E-state index contributed by atoms with van der Waals surface area (Å²) in [5, 5.41) is 0. The summed E-state index contributed by atoms with van der Waals surface area (Å²) >= 11 is 1.32. The van der Waals surface area contributed by atoms with E-state index >= 15 is 0 Å². The zero-order valence-electron chi connectivity index (χ0n) is 12.0. The van der Waals surface area contributed by atoms with Crippen molar-refractivity contribution in [1.29, 1.82) is 0 Å². The maximum absolute atomic E-state index is 12.3. The molecule has 0 radical (unpaired) electrons. The number of thiophene rings is 1. The monoisotopic (exact) mass is 316 g/mol. The summed E-state index contributed by atoms with van der Waals surface area (Å²) in [6, 6.07) is 3.54. The predicted molar refractivity (Wildman–Crippen MR) is 83.5 cm³/mol. The highest BCUT2D eigenvalue weighted by molar-refractivity contribution is 7.91. The third kappa shape index (κ3) is 3.61. The lowest BCUT2D eigenvalue weighted by Gasteiger charge is -2.27. The van der Waals surface area contributed by atoms with E-state index in [-0.39, 0.29) is 5.41 Å². The third-order valence-corrected chi connectivity index (χ3v) is 7.38. The Morgan fingerprint density at radius 1 is 1.35 bits per heavy atom. The maximum atomic E-state index is 12.3. The number of nitrogens with two attached hydrogens (primary N) is 1. The van der Waals surface area contributed by atoms with Gasteiger partial charge >= 0.3 is 0 Å². The van der Waals surface area contributed by atoms with Crippen LogP contribution in [0.15, 0.2) is 16.3 Å². The summed E-state index contributed by atoms with van der Waals surface area (Å²) in [6.45, 7) is 3.27. The fourth-order valence-corrected chi connectivity index (χ4v) is 5.45. The number of hydrogen-bond acceptors (Lipinski definition) is 4. The minimum Gasteiger partial charge on any atom is -0.330 e. The number of hydrogen-bond donors (Lipinski definition) is 2. The van der Waals surface area contributed by atoms with Gasteiger partial charge in [-0.05, 0) is 49.8 Å². The van der Waals surface area contributed by atoms with Crippen molar-refractivity contribution >= 4 is 21.4 Å². The minimum absolute atomic E-state index is 0.171. The van der Waals surface area contributed by atoms with Crippen molar-refractivity contribution in [2.45, 2.75) is 49.7 Å². The third-order valence-electron chi connectivity index (χ3n) is 4.34. The van der Waals surface area contributed by atoms with E-state index in [0.717, 1.165) is 30.6 Å². The Morgan fingerprint density at radius 2 is 2.05 bits per heavy atom. The first-order valence-corrected chi connectivity index (χ1v) is 9.60. The molecule has 0 spiro atoms. The molecule has 20 heavy (non-hydrogen) atoms. The van der Waals surface area contributed by atoms with Crippen LogP contribution in [-0.4, -0.2) is 21.5 Å². The lowest BCUT2D eigenvalue weighted by Crippen LogP contribution is -2.35. The van der Waals surface area contributed by atoms with Gasteiger partial charge in [0.15, 0.2) is 0 Å². The minimum atomic E-state index is -3.37. The summed E-state index contributed by atoms with van der Waals surface area (Å²) < 4.78 is 27.9. The van der Waals surface area contributed by atoms with Crippen LogP contribution >= 0.6 is 11.3 Å². The highest BCUT2D eigenvalue weighted by atomic mass is 32.2. The number of rotatable bonds is 7. The summed E-state index contributed by atoms with van der Waals surface area (Å²) in [4.78, 5) is 1.03. The molecule has 0 aliphatic heterocycles. The summed E-state index contributed by atoms with van der Waals surface area (Å²) in [7, 11) is -3.37. The van der Waals surface area contributed by atoms with Crippen LogP contribution in [0.25, 0.3) is 0 Å². The molecule has 114 valence electrons. The summed E-state index contributed by atoms with van der Waals surface area (Å²) in [5.41, 5.74) is 5.67. The molecule has 1 aromatic rings. The van der Waals surface area contributed by atoms with Crippen molar-refractivity contribution in [3.05, 3.63) is 17.0 Å². The second-order valence-electron chi connectivity index (χ2n) is 5.64. The molecule has 0 aromatic carbocycles. The molecule has 1 aliphatic carbocycles. The van der Waals surface area contributed by atoms with Crippen LogP contribution in [-0.2, 0) is 16.4 Å². The summed E-state index contributed by atoms with van der Waals surface area (Å²) in [5.74, 6) is 0. The van der Waals surface area contributed by atoms with Crippen LogP contribution in [0.5, 0.6) is 0 Å². The molecule has 1 fully saturated rings. The Kier molecular flexibility index (Phi) is 5.23. The Bertz CT molecular complexity index is 531. The molecular formula is C14H24N2O2S2. The van der Waals surface area contributed by atoms with E-state index in [1.54, 1.807) is 6.07 Å². The number of sulfonamides is 1. The second-order valence-corrected chi connectivity index (χ2v) is 8.81. The van der Waals surface area contributed by atoms with Gasteiger partial charge in [-0.25, -0.2) is 13.1 Å². The van der Waals surface area contributed by atoms with Crippen LogP contribution in [0.1, 0.15) is 43.9 Å². The molecule has 6 heteroatoms. The van der Waals surface area contributed by atoms with E-state index in [1.807, 2.05) is 6.07 Å². The molecule has 0 bridgehead atoms. The van der Waals surface area contributed by atoms with Gasteiger partial charge in [0, 0.05) is 11.4 Å². The van der Waals surface area contributed by atoms with Gasteiger partial charge in [-0.2, -0.15) is 0 Å². The molecule has 1 aromatic heterocycles. The SMILES string of the molecule is CCC1(CNS(=O)(=O)c2ccc(CCN)s2)CCCC1. The van der Waals surface area contributed by atoms with Gasteiger partial charge in [0.25, 0.3) is 0 Å². The van der Waals surface area contributed by atoms with Gasteiger partial charge in [0.2, 0.25) is 10.0 Å². The van der Waals surface area contributed by atoms with Crippen LogP contribution in [0.3, 0.4) is 0 Å². The summed E-state index contributed by atoms with van der Waals surface area (Å²) in [6.07, 6.45) is 6.48. The normalized spacial score (nSPS) is 18.5. The molecule has 0 atom stereocenters. The van der Waals surface area contributed by atoms with Crippen LogP contribution in [0, 0.1) is 5.41 Å². The van der Waals surface area contributed by atoms with E-state index in [9.17, 15) is 8.42 Å². The zero-order chi connectivity index (χ0) is 14.6. The number of nitrogens with one attached hydrogen (secondary N) is 1. The Morgan fingerprint density at radius 3 is 2.65 bits per heavy atom. The zero-order valence-corrected chi connectivity index (χ0v) is 13.7. The lowest BCUT2D eigenvalue weighted by atomic mass is 9.84. The Balaban J connectivity index is 2.03. The Hall–Kier alpha value is -0.430. The first-order chi connectivity index (χ1) is 9.51. The van der Waals surface area contributed by atoms with Crippen LogP contribution < -0.4 is 10.5 Å². The van der Waals surface area contributed by atoms with Gasteiger partial charge in [-0.3, -0.25) is 0 Å². The molecule has 2 rings (SSSR count). The molecule has 1 saturated carbocycles. The van der Waals surface area contributed by atoms with E-state index in [4.69, 9.17) is 5.73 Å². The van der Waals surface area contributed by atoms with Crippen LogP contribution in [0.2, 0.25) is 0 Å². The smallest absolute Gasteiger partial charge is 0.250 e. The molecular weight excluding hydrogens is 292 g/mol. The van der Waals surface area contributed by atoms with Gasteiger partial charge in [-0.15, -0.1) is 11.3 Å². The van der Waals surface area contributed by atoms with Crippen LogP contribution in [0.4, 0.5) is 0 Å². The van der Waals surface area contributed by atoms with Crippen molar-refractivity contribution in [3.8, 4) is 0 Å². The average Bonchev–Trinajstić information content (AvgIpc) is 3.07. The molecule has 1 heterocycles. The first-order valence-electron chi connectivity index (χ1n) is 7.30. The van der Waals surface area contributed by atoms with Crippen molar-refractivity contribution in [3.63, 3.8) is 0 Å². The highest BCUT2D eigenvalue weighted by Gasteiger charge is 2.33. The molecule has 0 saturated heterocycles. The van der Waals surface area contributed by atoms with Gasteiger partial charge < -0.3 is 5.73 Å². The topological polar surface area (TPSA) is 72.2 Å². The molecule has 1 aliphatic rings. The fourth-order valence-electron chi connectivity index (χ4n) is 2.88. The fraction of sp³-hybridized carbons (Fsp3) is 0.714. The van der Waals surface area contributed by atoms with E-state index in [1.165, 1.54) is 24.2 Å². The van der Waals surface area contributed by atoms with E-state index < -0.39 is 10.0 Å². The van der Waals surface area contributed by atoms with Crippen molar-refractivity contribution < 1.29 is 8.42 Å². The lowest BCUT2D eigenvalue weighted by molar-refractivity contribution is 0.286. The predicted octanol–water partition coefficient (Wildman–Crippen LogP) is 2.50. The van der Waals surface area contributed by atoms with Gasteiger partial charge in [0.1, 0.15) is 4.21 Å². The molecule has 0 unspecified atom stereocenters. The van der Waals surface area contributed by atoms with E-state index in [2.05, 4.69) is 11.6 Å². The average molecular weight is 316 g/mol. The van der Waals surface area contributed by atoms with E-state index in [0.29, 0.717) is 17.3 Å². The Labute approximate surface area is 125 Å². The standard InChI is InChI=1S/C14H24N2O2S2/c1-2-14(8-3-4-9-14)11-16-20(17,18)13-6-5-12(19-13)7-10-15/h5-6,16H,2-4,7-11,15H2,1H3. The quantitative estimate of drug-likeness (QED) is 0.812. The molecule has 4 nitrogen and oxygen atoms in total. The van der Waals surface area contributed by atoms with Gasteiger partial charge in [-0.1, -0.05) is 19.8 Å². The highest BCUT2D eigenvalue weighted by Crippen LogP contribution is 2.40. The van der Waals surface area contributed by atoms with Gasteiger partial charge in [0.05, 0.1) is 0 Å². The molecule has 0 amide bonds. The largest absolute Gasteiger partial charge is 0.330 e.